The first kappa shape index (κ1) is 18.0. The van der Waals surface area contributed by atoms with Crippen LogP contribution in [0.25, 0.3) is 11.4 Å². The molecule has 9 heteroatoms. The molecular formula is C17H19N7OS. The Bertz CT molecular complexity index is 854. The summed E-state index contributed by atoms with van der Waals surface area (Å²) in [4.78, 5) is 24.4. The van der Waals surface area contributed by atoms with Gasteiger partial charge in [-0.2, -0.15) is 0 Å². The number of anilines is 1. The molecule has 0 spiro atoms. The third kappa shape index (κ3) is 4.23. The molecule has 0 saturated heterocycles. The summed E-state index contributed by atoms with van der Waals surface area (Å²) in [6.07, 6.45) is 7.55. The zero-order valence-electron chi connectivity index (χ0n) is 14.5. The molecule has 8 nitrogen and oxygen atoms in total. The number of hydrogen-bond acceptors (Lipinski definition) is 7. The van der Waals surface area contributed by atoms with E-state index >= 15 is 0 Å². The third-order valence-electron chi connectivity index (χ3n) is 3.55. The number of rotatable bonds is 7. The maximum absolute atomic E-state index is 12.4. The zero-order valence-corrected chi connectivity index (χ0v) is 15.3. The highest BCUT2D eigenvalue weighted by Gasteiger charge is 2.21. The van der Waals surface area contributed by atoms with E-state index in [9.17, 15) is 4.79 Å². The van der Waals surface area contributed by atoms with Gasteiger partial charge in [-0.05, 0) is 31.5 Å². The van der Waals surface area contributed by atoms with Gasteiger partial charge in [-0.25, -0.2) is 9.97 Å². The van der Waals surface area contributed by atoms with Crippen molar-refractivity contribution < 1.29 is 4.79 Å². The topological polar surface area (TPSA) is 98.5 Å². The smallest absolute Gasteiger partial charge is 0.240 e. The Morgan fingerprint density at radius 2 is 1.92 bits per heavy atom. The average molecular weight is 369 g/mol. The number of pyridine rings is 1. The number of hydrogen-bond donors (Lipinski definition) is 1. The van der Waals surface area contributed by atoms with Crippen LogP contribution < -0.4 is 5.32 Å². The molecule has 1 amide bonds. The second kappa shape index (κ2) is 8.52. The molecule has 1 unspecified atom stereocenters. The molecule has 0 saturated carbocycles. The van der Waals surface area contributed by atoms with Crippen molar-refractivity contribution in [3.63, 3.8) is 0 Å². The number of aromatic nitrogens is 6. The highest BCUT2D eigenvalue weighted by molar-refractivity contribution is 8.00. The fraction of sp³-hybridized carbons (Fsp3) is 0.294. The highest BCUT2D eigenvalue weighted by Crippen LogP contribution is 2.27. The average Bonchev–Trinajstić information content (AvgIpc) is 3.06. The van der Waals surface area contributed by atoms with Gasteiger partial charge < -0.3 is 4.57 Å². The van der Waals surface area contributed by atoms with Gasteiger partial charge in [0.05, 0.1) is 5.25 Å². The number of nitrogens with one attached hydrogen (secondary N) is 1. The minimum Gasteiger partial charge on any atom is -0.302 e. The van der Waals surface area contributed by atoms with Crippen LogP contribution in [0.2, 0.25) is 0 Å². The first-order valence-electron chi connectivity index (χ1n) is 8.27. The summed E-state index contributed by atoms with van der Waals surface area (Å²) in [5, 5.41) is 11.6. The van der Waals surface area contributed by atoms with E-state index in [1.54, 1.807) is 30.9 Å². The van der Waals surface area contributed by atoms with Gasteiger partial charge in [-0.15, -0.1) is 10.2 Å². The summed E-state index contributed by atoms with van der Waals surface area (Å²) < 4.78 is 2.03. The van der Waals surface area contributed by atoms with E-state index in [1.165, 1.54) is 11.8 Å². The second-order valence-electron chi connectivity index (χ2n) is 5.52. The number of amides is 1. The normalized spacial score (nSPS) is 11.9. The van der Waals surface area contributed by atoms with Crippen molar-refractivity contribution in [3.8, 4) is 11.4 Å². The van der Waals surface area contributed by atoms with Gasteiger partial charge in [0.25, 0.3) is 0 Å². The number of nitrogens with zero attached hydrogens (tertiary/aromatic N) is 6. The molecule has 0 bridgehead atoms. The molecule has 3 aromatic heterocycles. The molecule has 0 radical (unpaired) electrons. The van der Waals surface area contributed by atoms with Crippen LogP contribution in [-0.2, 0) is 11.3 Å². The Balaban J connectivity index is 1.76. The molecule has 3 aromatic rings. The number of carbonyl (C=O) groups is 1. The Morgan fingerprint density at radius 3 is 2.62 bits per heavy atom. The summed E-state index contributed by atoms with van der Waals surface area (Å²) in [6.45, 7) is 4.68. The first-order valence-corrected chi connectivity index (χ1v) is 9.15. The Hall–Kier alpha value is -2.81. The van der Waals surface area contributed by atoms with E-state index in [1.807, 2.05) is 23.6 Å². The van der Waals surface area contributed by atoms with Crippen molar-refractivity contribution >= 4 is 23.6 Å². The summed E-state index contributed by atoms with van der Waals surface area (Å²) in [7, 11) is 0. The van der Waals surface area contributed by atoms with E-state index in [-0.39, 0.29) is 17.1 Å². The van der Waals surface area contributed by atoms with Crippen LogP contribution in [0.5, 0.6) is 0 Å². The van der Waals surface area contributed by atoms with Crippen molar-refractivity contribution in [2.24, 2.45) is 0 Å². The van der Waals surface area contributed by atoms with Gasteiger partial charge in [0.15, 0.2) is 11.0 Å². The Kier molecular flexibility index (Phi) is 5.90. The summed E-state index contributed by atoms with van der Waals surface area (Å²) in [6, 6.07) is 5.49. The molecular weight excluding hydrogens is 350 g/mol. The number of thioether (sulfide) groups is 1. The summed E-state index contributed by atoms with van der Waals surface area (Å²) >= 11 is 1.36. The fourth-order valence-electron chi connectivity index (χ4n) is 2.30. The third-order valence-corrected chi connectivity index (χ3v) is 4.64. The van der Waals surface area contributed by atoms with E-state index in [2.05, 4.69) is 37.4 Å². The van der Waals surface area contributed by atoms with Gasteiger partial charge in [-0.1, -0.05) is 18.7 Å². The highest BCUT2D eigenvalue weighted by atomic mass is 32.2. The quantitative estimate of drug-likeness (QED) is 0.639. The van der Waals surface area contributed by atoms with Crippen molar-refractivity contribution in [1.29, 1.82) is 0 Å². The molecule has 3 heterocycles. The molecule has 0 aliphatic heterocycles. The van der Waals surface area contributed by atoms with Gasteiger partial charge in [-0.3, -0.25) is 15.1 Å². The summed E-state index contributed by atoms with van der Waals surface area (Å²) in [5.74, 6) is 0.880. The lowest BCUT2D eigenvalue weighted by Crippen LogP contribution is -2.24. The van der Waals surface area contributed by atoms with Crippen LogP contribution in [0.15, 0.2) is 48.1 Å². The van der Waals surface area contributed by atoms with Crippen LogP contribution in [0.4, 0.5) is 5.95 Å². The standard InChI is InChI=1S/C17H19N7OS/c1-3-11-24-14(13-5-9-18-10-6-13)22-23-17(24)26-12(2)15(25)21-16-19-7-4-8-20-16/h4-10,12H,3,11H2,1-2H3,(H,19,20,21,25). The Labute approximate surface area is 155 Å². The van der Waals surface area contributed by atoms with Crippen LogP contribution in [0.3, 0.4) is 0 Å². The number of carbonyl (C=O) groups excluding carboxylic acids is 1. The van der Waals surface area contributed by atoms with Gasteiger partial charge in [0.1, 0.15) is 0 Å². The van der Waals surface area contributed by atoms with Gasteiger partial charge >= 0.3 is 0 Å². The van der Waals surface area contributed by atoms with Crippen LogP contribution >= 0.6 is 11.8 Å². The molecule has 0 aliphatic rings. The molecule has 1 atom stereocenters. The van der Waals surface area contributed by atoms with Crippen molar-refractivity contribution in [2.75, 3.05) is 5.32 Å². The second-order valence-corrected chi connectivity index (χ2v) is 6.82. The molecule has 134 valence electrons. The zero-order chi connectivity index (χ0) is 18.4. The molecule has 3 rings (SSSR count). The lowest BCUT2D eigenvalue weighted by Gasteiger charge is -2.12. The fourth-order valence-corrected chi connectivity index (χ4v) is 3.18. The van der Waals surface area contributed by atoms with Gasteiger partial charge in [0.2, 0.25) is 11.9 Å². The van der Waals surface area contributed by atoms with E-state index < -0.39 is 0 Å². The Morgan fingerprint density at radius 1 is 1.19 bits per heavy atom. The van der Waals surface area contributed by atoms with Gasteiger partial charge in [0, 0.05) is 36.9 Å². The SMILES string of the molecule is CCCn1c(SC(C)C(=O)Nc2ncccn2)nnc1-c1ccncc1. The maximum atomic E-state index is 12.4. The summed E-state index contributed by atoms with van der Waals surface area (Å²) in [5.41, 5.74) is 0.947. The lowest BCUT2D eigenvalue weighted by molar-refractivity contribution is -0.115. The maximum Gasteiger partial charge on any atom is 0.240 e. The van der Waals surface area contributed by atoms with Crippen LogP contribution in [0, 0.1) is 0 Å². The predicted octanol–water partition coefficient (Wildman–Crippen LogP) is 2.66. The minimum atomic E-state index is -0.371. The largest absolute Gasteiger partial charge is 0.302 e. The van der Waals surface area contributed by atoms with Crippen molar-refractivity contribution in [2.45, 2.75) is 37.2 Å². The molecule has 1 N–H and O–H groups in total. The van der Waals surface area contributed by atoms with Crippen LogP contribution in [-0.4, -0.2) is 40.9 Å². The monoisotopic (exact) mass is 369 g/mol. The van der Waals surface area contributed by atoms with E-state index in [4.69, 9.17) is 0 Å². The lowest BCUT2D eigenvalue weighted by atomic mass is 10.2. The minimum absolute atomic E-state index is 0.183. The first-order chi connectivity index (χ1) is 12.7. The predicted molar refractivity (Wildman–Crippen MR) is 99.5 cm³/mol. The van der Waals surface area contributed by atoms with E-state index in [0.717, 1.165) is 24.4 Å². The van der Waals surface area contributed by atoms with Crippen molar-refractivity contribution in [1.82, 2.24) is 29.7 Å². The van der Waals surface area contributed by atoms with E-state index in [0.29, 0.717) is 5.16 Å². The van der Waals surface area contributed by atoms with Crippen LogP contribution in [0.1, 0.15) is 20.3 Å². The van der Waals surface area contributed by atoms with Crippen molar-refractivity contribution in [3.05, 3.63) is 43.0 Å². The molecule has 0 aliphatic carbocycles. The molecule has 0 fully saturated rings. The molecule has 26 heavy (non-hydrogen) atoms. The molecule has 0 aromatic carbocycles.